The molecule has 7 heteroatoms. The summed E-state index contributed by atoms with van der Waals surface area (Å²) in [5, 5.41) is 0. The lowest BCUT2D eigenvalue weighted by Gasteiger charge is -2.13. The van der Waals surface area contributed by atoms with Gasteiger partial charge in [-0.25, -0.2) is 4.79 Å². The first-order valence-electron chi connectivity index (χ1n) is 5.35. The van der Waals surface area contributed by atoms with E-state index in [0.29, 0.717) is 22.8 Å². The third kappa shape index (κ3) is 4.18. The van der Waals surface area contributed by atoms with Crippen LogP contribution in [0.2, 0.25) is 0 Å². The van der Waals surface area contributed by atoms with Gasteiger partial charge in [0.15, 0.2) is 11.5 Å². The van der Waals surface area contributed by atoms with Crippen molar-refractivity contribution in [2.45, 2.75) is 0 Å². The Labute approximate surface area is 118 Å². The first-order chi connectivity index (χ1) is 8.67. The molecule has 0 aromatic heterocycles. The van der Waals surface area contributed by atoms with Crippen molar-refractivity contribution in [3.63, 3.8) is 0 Å². The molecule has 2 N–H and O–H groups in total. The van der Waals surface area contributed by atoms with Gasteiger partial charge >= 0.3 is 5.97 Å². The number of carbonyl (C=O) groups excluding carboxylic acids is 1. The van der Waals surface area contributed by atoms with Crippen molar-refractivity contribution >= 4 is 18.4 Å². The molecule has 0 saturated heterocycles. The van der Waals surface area contributed by atoms with Crippen molar-refractivity contribution in [3.8, 4) is 17.2 Å². The number of halogens is 1. The standard InChI is InChI=1S/C12H17NO5.ClH/c1-15-9-6-8(12(14)18-5-4-13)7-10(16-2)11(9)17-3;/h6-7H,4-5,13H2,1-3H3;1H. The minimum Gasteiger partial charge on any atom is -0.493 e. The molecule has 0 spiro atoms. The second kappa shape index (κ2) is 8.44. The van der Waals surface area contributed by atoms with Crippen LogP contribution < -0.4 is 19.9 Å². The number of carbonyl (C=O) groups is 1. The molecule has 0 unspecified atom stereocenters. The van der Waals surface area contributed by atoms with Crippen LogP contribution in [0.1, 0.15) is 10.4 Å². The zero-order valence-electron chi connectivity index (χ0n) is 11.1. The molecule has 0 amide bonds. The Kier molecular flexibility index (Phi) is 7.71. The van der Waals surface area contributed by atoms with Crippen LogP contribution in [0.5, 0.6) is 17.2 Å². The molecule has 108 valence electrons. The number of rotatable bonds is 6. The summed E-state index contributed by atoms with van der Waals surface area (Å²) in [5.41, 5.74) is 5.58. The van der Waals surface area contributed by atoms with Crippen LogP contribution in [0.4, 0.5) is 0 Å². The average molecular weight is 292 g/mol. The predicted molar refractivity (Wildman–Crippen MR) is 72.7 cm³/mol. The SMILES string of the molecule is COc1cc(C(=O)OCCN)cc(OC)c1OC.Cl. The molecule has 0 aliphatic heterocycles. The molecule has 0 saturated carbocycles. The lowest BCUT2D eigenvalue weighted by atomic mass is 10.2. The third-order valence-corrected chi connectivity index (χ3v) is 2.25. The lowest BCUT2D eigenvalue weighted by Crippen LogP contribution is -2.14. The number of hydrogen-bond donors (Lipinski definition) is 1. The highest BCUT2D eigenvalue weighted by Gasteiger charge is 2.17. The van der Waals surface area contributed by atoms with Crippen LogP contribution in [0.15, 0.2) is 12.1 Å². The van der Waals surface area contributed by atoms with E-state index in [9.17, 15) is 4.79 Å². The Hall–Kier alpha value is -1.66. The monoisotopic (exact) mass is 291 g/mol. The molecule has 0 heterocycles. The van der Waals surface area contributed by atoms with Gasteiger partial charge in [0.25, 0.3) is 0 Å². The fourth-order valence-corrected chi connectivity index (χ4v) is 1.43. The summed E-state index contributed by atoms with van der Waals surface area (Å²) in [4.78, 5) is 11.7. The highest BCUT2D eigenvalue weighted by Crippen LogP contribution is 2.38. The first kappa shape index (κ1) is 17.3. The highest BCUT2D eigenvalue weighted by atomic mass is 35.5. The van der Waals surface area contributed by atoms with Gasteiger partial charge in [-0.05, 0) is 12.1 Å². The number of methoxy groups -OCH3 is 3. The number of nitrogens with two attached hydrogens (primary N) is 1. The van der Waals surface area contributed by atoms with Crippen molar-refractivity contribution in [1.29, 1.82) is 0 Å². The minimum absolute atomic E-state index is 0. The van der Waals surface area contributed by atoms with Crippen LogP contribution in [-0.2, 0) is 4.74 Å². The summed E-state index contributed by atoms with van der Waals surface area (Å²) < 4.78 is 20.4. The molecule has 1 aromatic carbocycles. The Bertz CT molecular complexity index is 400. The number of ether oxygens (including phenoxy) is 4. The number of benzene rings is 1. The minimum atomic E-state index is -0.486. The largest absolute Gasteiger partial charge is 0.493 e. The van der Waals surface area contributed by atoms with E-state index in [4.69, 9.17) is 24.7 Å². The smallest absolute Gasteiger partial charge is 0.338 e. The Morgan fingerprint density at radius 2 is 1.63 bits per heavy atom. The maximum atomic E-state index is 11.7. The van der Waals surface area contributed by atoms with Crippen molar-refractivity contribution in [3.05, 3.63) is 17.7 Å². The van der Waals surface area contributed by atoms with Gasteiger partial charge in [-0.15, -0.1) is 12.4 Å². The van der Waals surface area contributed by atoms with Gasteiger partial charge in [-0.1, -0.05) is 0 Å². The van der Waals surface area contributed by atoms with E-state index in [1.807, 2.05) is 0 Å². The molecule has 1 rings (SSSR count). The van der Waals surface area contributed by atoms with Gasteiger partial charge in [0.1, 0.15) is 6.61 Å². The summed E-state index contributed by atoms with van der Waals surface area (Å²) in [6, 6.07) is 3.06. The predicted octanol–water partition coefficient (Wildman–Crippen LogP) is 1.25. The molecule has 6 nitrogen and oxygen atoms in total. The van der Waals surface area contributed by atoms with Gasteiger partial charge in [-0.3, -0.25) is 0 Å². The van der Waals surface area contributed by atoms with Gasteiger partial charge < -0.3 is 24.7 Å². The van der Waals surface area contributed by atoms with Crippen molar-refractivity contribution < 1.29 is 23.7 Å². The Balaban J connectivity index is 0.00000324. The zero-order chi connectivity index (χ0) is 13.5. The second-order valence-electron chi connectivity index (χ2n) is 3.34. The molecule has 0 fully saturated rings. The van der Waals surface area contributed by atoms with Crippen LogP contribution in [0.25, 0.3) is 0 Å². The van der Waals surface area contributed by atoms with Gasteiger partial charge in [-0.2, -0.15) is 0 Å². The first-order valence-corrected chi connectivity index (χ1v) is 5.35. The van der Waals surface area contributed by atoms with E-state index in [0.717, 1.165) is 0 Å². The maximum absolute atomic E-state index is 11.7. The highest BCUT2D eigenvalue weighted by molar-refractivity contribution is 5.91. The fraction of sp³-hybridized carbons (Fsp3) is 0.417. The summed E-state index contributed by atoms with van der Waals surface area (Å²) in [6.07, 6.45) is 0. The summed E-state index contributed by atoms with van der Waals surface area (Å²) >= 11 is 0. The molecule has 0 radical (unpaired) electrons. The van der Waals surface area contributed by atoms with E-state index in [1.165, 1.54) is 33.5 Å². The topological polar surface area (TPSA) is 80.0 Å². The molecular weight excluding hydrogens is 274 g/mol. The summed E-state index contributed by atoms with van der Waals surface area (Å²) in [6.45, 7) is 0.436. The second-order valence-corrected chi connectivity index (χ2v) is 3.34. The van der Waals surface area contributed by atoms with Gasteiger partial charge in [0, 0.05) is 6.54 Å². The van der Waals surface area contributed by atoms with Crippen LogP contribution >= 0.6 is 12.4 Å². The molecule has 1 aromatic rings. The summed E-state index contributed by atoms with van der Waals surface area (Å²) in [7, 11) is 4.45. The quantitative estimate of drug-likeness (QED) is 0.795. The van der Waals surface area contributed by atoms with Crippen LogP contribution in [0.3, 0.4) is 0 Å². The molecular formula is C12H18ClNO5. The number of esters is 1. The Morgan fingerprint density at radius 3 is 2.00 bits per heavy atom. The molecule has 0 aliphatic rings. The molecule has 0 atom stereocenters. The van der Waals surface area contributed by atoms with Gasteiger partial charge in [0.05, 0.1) is 26.9 Å². The maximum Gasteiger partial charge on any atom is 0.338 e. The van der Waals surface area contributed by atoms with E-state index in [1.54, 1.807) is 0 Å². The van der Waals surface area contributed by atoms with Crippen molar-refractivity contribution in [2.75, 3.05) is 34.5 Å². The zero-order valence-corrected chi connectivity index (χ0v) is 11.9. The number of hydrogen-bond acceptors (Lipinski definition) is 6. The molecule has 0 aliphatic carbocycles. The van der Waals surface area contributed by atoms with E-state index < -0.39 is 5.97 Å². The van der Waals surface area contributed by atoms with Crippen LogP contribution in [-0.4, -0.2) is 40.5 Å². The molecule has 19 heavy (non-hydrogen) atoms. The summed E-state index contributed by atoms with van der Waals surface area (Å²) in [5.74, 6) is 0.739. The van der Waals surface area contributed by atoms with Crippen molar-refractivity contribution in [2.24, 2.45) is 5.73 Å². The third-order valence-electron chi connectivity index (χ3n) is 2.25. The normalized spacial score (nSPS) is 9.26. The Morgan fingerprint density at radius 1 is 1.11 bits per heavy atom. The van der Waals surface area contributed by atoms with Crippen LogP contribution in [0, 0.1) is 0 Å². The van der Waals surface area contributed by atoms with Crippen molar-refractivity contribution in [1.82, 2.24) is 0 Å². The van der Waals surface area contributed by atoms with E-state index >= 15 is 0 Å². The van der Waals surface area contributed by atoms with E-state index in [-0.39, 0.29) is 25.6 Å². The lowest BCUT2D eigenvalue weighted by molar-refractivity contribution is 0.0516. The fourth-order valence-electron chi connectivity index (χ4n) is 1.43. The van der Waals surface area contributed by atoms with E-state index in [2.05, 4.69) is 0 Å². The molecule has 0 bridgehead atoms. The average Bonchev–Trinajstić information content (AvgIpc) is 2.42. The van der Waals surface area contributed by atoms with Gasteiger partial charge in [0.2, 0.25) is 5.75 Å².